The first-order chi connectivity index (χ1) is 10.1. The number of nitrogens with one attached hydrogen (secondary N) is 1. The van der Waals surface area contributed by atoms with Gasteiger partial charge in [-0.1, -0.05) is 20.8 Å². The Bertz CT molecular complexity index is 392. The lowest BCUT2D eigenvalue weighted by Crippen LogP contribution is -2.50. The highest BCUT2D eigenvalue weighted by Crippen LogP contribution is 2.12. The molecule has 0 bridgehead atoms. The predicted molar refractivity (Wildman–Crippen MR) is 87.5 cm³/mol. The van der Waals surface area contributed by atoms with Crippen LogP contribution in [0.5, 0.6) is 0 Å². The second-order valence-electron chi connectivity index (χ2n) is 6.20. The monoisotopic (exact) mass is 313 g/mol. The van der Waals surface area contributed by atoms with E-state index in [9.17, 15) is 14.4 Å². The second kappa shape index (κ2) is 9.56. The Labute approximate surface area is 134 Å². The number of nitrogens with zero attached hydrogens (tertiary/aromatic N) is 2. The smallest absolute Gasteiger partial charge is 0.242 e. The number of likely N-dealkylation sites (N-methyl/N-ethyl adjacent to an activating group) is 3. The maximum Gasteiger partial charge on any atom is 0.242 e. The molecule has 6 heteroatoms. The summed E-state index contributed by atoms with van der Waals surface area (Å²) in [6.45, 7) is 7.43. The fourth-order valence-corrected chi connectivity index (χ4v) is 2.38. The van der Waals surface area contributed by atoms with E-state index in [2.05, 4.69) is 5.32 Å². The number of Topliss-reactive ketones (excluding diaryl/α,β-unsaturated/α-hetero) is 1. The largest absolute Gasteiger partial charge is 0.335 e. The van der Waals surface area contributed by atoms with Crippen LogP contribution in [0.3, 0.4) is 0 Å². The van der Waals surface area contributed by atoms with Crippen LogP contribution in [-0.4, -0.2) is 67.2 Å². The Hall–Kier alpha value is -1.43. The normalized spacial score (nSPS) is 13.6. The van der Waals surface area contributed by atoms with Crippen LogP contribution < -0.4 is 5.32 Å². The van der Waals surface area contributed by atoms with E-state index in [0.717, 1.165) is 0 Å². The highest BCUT2D eigenvalue weighted by Gasteiger charge is 2.27. The minimum atomic E-state index is -0.428. The molecule has 0 aromatic rings. The van der Waals surface area contributed by atoms with Gasteiger partial charge in [-0.25, -0.2) is 0 Å². The van der Waals surface area contributed by atoms with Crippen molar-refractivity contribution < 1.29 is 14.4 Å². The minimum absolute atomic E-state index is 0.0185. The molecule has 2 amide bonds. The molecule has 0 spiro atoms. The molecule has 0 saturated carbocycles. The number of carbonyl (C=O) groups is 3. The van der Waals surface area contributed by atoms with Gasteiger partial charge >= 0.3 is 0 Å². The van der Waals surface area contributed by atoms with Crippen LogP contribution >= 0.6 is 0 Å². The van der Waals surface area contributed by atoms with Crippen molar-refractivity contribution >= 4 is 17.6 Å². The van der Waals surface area contributed by atoms with E-state index in [1.165, 1.54) is 16.7 Å². The SMILES string of the molecule is CC[C@H](NC)C(=O)N(C)CC(=O)N(C)[C@@H](CC(C)C)C(C)=O. The van der Waals surface area contributed by atoms with Gasteiger partial charge in [0.05, 0.1) is 18.6 Å². The second-order valence-corrected chi connectivity index (χ2v) is 6.20. The average molecular weight is 313 g/mol. The summed E-state index contributed by atoms with van der Waals surface area (Å²) in [7, 11) is 4.96. The quantitative estimate of drug-likeness (QED) is 0.687. The third-order valence-corrected chi connectivity index (χ3v) is 3.83. The molecule has 0 aromatic carbocycles. The van der Waals surface area contributed by atoms with Crippen LogP contribution in [-0.2, 0) is 14.4 Å². The lowest BCUT2D eigenvalue weighted by Gasteiger charge is -2.30. The molecule has 2 atom stereocenters. The molecule has 128 valence electrons. The Balaban J connectivity index is 4.81. The number of ketones is 1. The van der Waals surface area contributed by atoms with Gasteiger partial charge in [-0.15, -0.1) is 0 Å². The van der Waals surface area contributed by atoms with Crippen molar-refractivity contribution in [3.63, 3.8) is 0 Å². The molecule has 0 aliphatic rings. The fourth-order valence-electron chi connectivity index (χ4n) is 2.38. The van der Waals surface area contributed by atoms with E-state index in [1.807, 2.05) is 20.8 Å². The van der Waals surface area contributed by atoms with Crippen LogP contribution in [0, 0.1) is 5.92 Å². The fraction of sp³-hybridized carbons (Fsp3) is 0.812. The molecule has 0 fully saturated rings. The van der Waals surface area contributed by atoms with Crippen molar-refractivity contribution in [1.82, 2.24) is 15.1 Å². The summed E-state index contributed by atoms with van der Waals surface area (Å²) < 4.78 is 0. The van der Waals surface area contributed by atoms with Crippen LogP contribution in [0.25, 0.3) is 0 Å². The molecule has 0 heterocycles. The summed E-state index contributed by atoms with van der Waals surface area (Å²) in [5.41, 5.74) is 0. The van der Waals surface area contributed by atoms with Gasteiger partial charge in [0.1, 0.15) is 0 Å². The van der Waals surface area contributed by atoms with Crippen molar-refractivity contribution in [2.24, 2.45) is 5.92 Å². The number of amides is 2. The van der Waals surface area contributed by atoms with Gasteiger partial charge in [0.25, 0.3) is 0 Å². The predicted octanol–water partition coefficient (Wildman–Crippen LogP) is 0.905. The third-order valence-electron chi connectivity index (χ3n) is 3.83. The third kappa shape index (κ3) is 6.13. The molecule has 0 unspecified atom stereocenters. The zero-order chi connectivity index (χ0) is 17.4. The van der Waals surface area contributed by atoms with E-state index in [1.54, 1.807) is 21.1 Å². The summed E-state index contributed by atoms with van der Waals surface area (Å²) in [5.74, 6) is -0.0462. The van der Waals surface area contributed by atoms with Gasteiger partial charge in [-0.05, 0) is 32.7 Å². The zero-order valence-corrected chi connectivity index (χ0v) is 15.0. The number of hydrogen-bond acceptors (Lipinski definition) is 4. The standard InChI is InChI=1S/C16H31N3O3/c1-8-13(17-5)16(22)18(6)10-15(21)19(7)14(12(4)20)9-11(2)3/h11,13-14,17H,8-10H2,1-7H3/t13-,14-/m0/s1. The van der Waals surface area contributed by atoms with Gasteiger partial charge in [0.2, 0.25) is 11.8 Å². The summed E-state index contributed by atoms with van der Waals surface area (Å²) in [4.78, 5) is 39.2. The molecule has 0 aliphatic heterocycles. The van der Waals surface area contributed by atoms with Gasteiger partial charge in [-0.3, -0.25) is 14.4 Å². The Morgan fingerprint density at radius 3 is 2.05 bits per heavy atom. The number of hydrogen-bond donors (Lipinski definition) is 1. The molecular formula is C16H31N3O3. The topological polar surface area (TPSA) is 69.7 Å². The van der Waals surface area contributed by atoms with Gasteiger partial charge in [0, 0.05) is 14.1 Å². The summed E-state index contributed by atoms with van der Waals surface area (Å²) in [6, 6.07) is -0.718. The maximum absolute atomic E-state index is 12.3. The van der Waals surface area contributed by atoms with E-state index in [-0.39, 0.29) is 30.2 Å². The first kappa shape index (κ1) is 20.6. The van der Waals surface area contributed by atoms with Crippen LogP contribution in [0.2, 0.25) is 0 Å². The Morgan fingerprint density at radius 2 is 1.68 bits per heavy atom. The molecule has 22 heavy (non-hydrogen) atoms. The van der Waals surface area contributed by atoms with E-state index >= 15 is 0 Å². The van der Waals surface area contributed by atoms with Crippen LogP contribution in [0.4, 0.5) is 0 Å². The van der Waals surface area contributed by atoms with Crippen molar-refractivity contribution in [3.05, 3.63) is 0 Å². The number of rotatable bonds is 9. The first-order valence-corrected chi connectivity index (χ1v) is 7.83. The minimum Gasteiger partial charge on any atom is -0.335 e. The Morgan fingerprint density at radius 1 is 1.14 bits per heavy atom. The summed E-state index contributed by atoms with van der Waals surface area (Å²) in [6.07, 6.45) is 1.29. The Kier molecular flexibility index (Phi) is 8.94. The van der Waals surface area contributed by atoms with Crippen molar-refractivity contribution in [2.75, 3.05) is 27.7 Å². The zero-order valence-electron chi connectivity index (χ0n) is 15.0. The van der Waals surface area contributed by atoms with Crippen molar-refractivity contribution in [2.45, 2.75) is 52.6 Å². The summed E-state index contributed by atoms with van der Waals surface area (Å²) in [5, 5.41) is 2.93. The lowest BCUT2D eigenvalue weighted by atomic mass is 9.99. The van der Waals surface area contributed by atoms with E-state index in [4.69, 9.17) is 0 Å². The highest BCUT2D eigenvalue weighted by atomic mass is 16.2. The molecule has 0 aliphatic carbocycles. The molecule has 0 rings (SSSR count). The molecule has 0 saturated heterocycles. The molecular weight excluding hydrogens is 282 g/mol. The molecule has 6 nitrogen and oxygen atoms in total. The van der Waals surface area contributed by atoms with Crippen molar-refractivity contribution in [3.8, 4) is 0 Å². The first-order valence-electron chi connectivity index (χ1n) is 7.83. The summed E-state index contributed by atoms with van der Waals surface area (Å²) >= 11 is 0. The van der Waals surface area contributed by atoms with Crippen molar-refractivity contribution in [1.29, 1.82) is 0 Å². The average Bonchev–Trinajstić information content (AvgIpc) is 2.44. The number of carbonyl (C=O) groups excluding carboxylic acids is 3. The van der Waals surface area contributed by atoms with Crippen LogP contribution in [0.1, 0.15) is 40.5 Å². The van der Waals surface area contributed by atoms with Gasteiger partial charge < -0.3 is 15.1 Å². The van der Waals surface area contributed by atoms with Gasteiger partial charge in [-0.2, -0.15) is 0 Å². The molecule has 0 aromatic heterocycles. The molecule has 1 N–H and O–H groups in total. The molecule has 0 radical (unpaired) electrons. The lowest BCUT2D eigenvalue weighted by molar-refractivity contribution is -0.143. The van der Waals surface area contributed by atoms with E-state index < -0.39 is 6.04 Å². The van der Waals surface area contributed by atoms with Gasteiger partial charge in [0.15, 0.2) is 5.78 Å². The highest BCUT2D eigenvalue weighted by molar-refractivity contribution is 5.90. The van der Waals surface area contributed by atoms with Crippen LogP contribution in [0.15, 0.2) is 0 Å². The van der Waals surface area contributed by atoms with E-state index in [0.29, 0.717) is 18.8 Å². The maximum atomic E-state index is 12.3.